The summed E-state index contributed by atoms with van der Waals surface area (Å²) in [6, 6.07) is 9.02. The van der Waals surface area contributed by atoms with E-state index in [9.17, 15) is 23.9 Å². The second-order valence-electron chi connectivity index (χ2n) is 10.8. The number of nitrogens with one attached hydrogen (secondary N) is 2. The Bertz CT molecular complexity index is 1260. The van der Waals surface area contributed by atoms with Crippen molar-refractivity contribution in [2.24, 2.45) is 23.7 Å². The number of fused-ring (bicyclic) bond motifs is 2. The second-order valence-corrected chi connectivity index (χ2v) is 11.2. The van der Waals surface area contributed by atoms with Gasteiger partial charge in [0.05, 0.1) is 30.6 Å². The molecule has 2 aromatic carbocycles. The number of carbonyl (C=O) groups excluding carboxylic acids is 2. The van der Waals surface area contributed by atoms with Crippen molar-refractivity contribution in [3.8, 4) is 11.5 Å². The van der Waals surface area contributed by atoms with Gasteiger partial charge in [0.25, 0.3) is 5.91 Å². The normalized spacial score (nSPS) is 27.6. The molecular weight excluding hydrogens is 527 g/mol. The molecule has 0 aromatic heterocycles. The standard InChI is InChI=1S/C29H32ClFN2O6/c1-38-23-14-22(31)24(39-20-9-7-15(8-10-20)29(36)37)13-21(23)27(34)33-26-17-6-5-16(11-17)25(26)28(35)32-19-4-2-3-18(30)12-19/h2-4,12-17,20,25-26H,5-11H2,1H3,(H,32,35)(H,33,34)(H,36,37)/t15-,16-,17+,20+,25+,26-/m1/s1. The molecule has 10 heteroatoms. The third kappa shape index (κ3) is 5.83. The van der Waals surface area contributed by atoms with E-state index < -0.39 is 29.5 Å². The van der Waals surface area contributed by atoms with Crippen molar-refractivity contribution < 1.29 is 33.4 Å². The van der Waals surface area contributed by atoms with Gasteiger partial charge in [-0.15, -0.1) is 0 Å². The first kappa shape index (κ1) is 27.2. The number of anilines is 1. The maximum absolute atomic E-state index is 14.9. The number of hydrogen-bond donors (Lipinski definition) is 3. The van der Waals surface area contributed by atoms with Crippen LogP contribution in [0.25, 0.3) is 0 Å². The number of hydrogen-bond acceptors (Lipinski definition) is 5. The van der Waals surface area contributed by atoms with E-state index in [1.54, 1.807) is 24.3 Å². The lowest BCUT2D eigenvalue weighted by molar-refractivity contribution is -0.143. The van der Waals surface area contributed by atoms with Gasteiger partial charge in [-0.3, -0.25) is 14.4 Å². The third-order valence-electron chi connectivity index (χ3n) is 8.42. The SMILES string of the molecule is COc1cc(F)c(O[C@H]2CC[C@@H](C(=O)O)CC2)cc1C(=O)N[C@@H]1[C@H]2CC[C@H](C2)[C@@H]1C(=O)Nc1cccc(Cl)c1. The summed E-state index contributed by atoms with van der Waals surface area (Å²) in [5.41, 5.74) is 0.713. The van der Waals surface area contributed by atoms with E-state index in [1.807, 2.05) is 0 Å². The number of carboxylic acids is 1. The lowest BCUT2D eigenvalue weighted by Crippen LogP contribution is -2.48. The molecule has 2 amide bonds. The number of carbonyl (C=O) groups is 3. The number of benzene rings is 2. The van der Waals surface area contributed by atoms with Gasteiger partial charge in [0.2, 0.25) is 5.91 Å². The van der Waals surface area contributed by atoms with Crippen LogP contribution in [0.1, 0.15) is 55.3 Å². The molecule has 0 radical (unpaired) electrons. The summed E-state index contributed by atoms with van der Waals surface area (Å²) in [6.07, 6.45) is 4.23. The minimum atomic E-state index is -0.830. The van der Waals surface area contributed by atoms with Gasteiger partial charge in [-0.1, -0.05) is 17.7 Å². The average molecular weight is 559 g/mol. The minimum absolute atomic E-state index is 0.0648. The fourth-order valence-electron chi connectivity index (χ4n) is 6.48. The van der Waals surface area contributed by atoms with Crippen molar-refractivity contribution in [1.82, 2.24) is 5.32 Å². The van der Waals surface area contributed by atoms with Gasteiger partial charge in [0, 0.05) is 22.8 Å². The highest BCUT2D eigenvalue weighted by Gasteiger charge is 2.51. The van der Waals surface area contributed by atoms with E-state index in [0.717, 1.165) is 25.3 Å². The Balaban J connectivity index is 1.31. The number of amides is 2. The Kier molecular flexibility index (Phi) is 7.98. The van der Waals surface area contributed by atoms with Crippen molar-refractivity contribution in [3.63, 3.8) is 0 Å². The van der Waals surface area contributed by atoms with Crippen molar-refractivity contribution in [1.29, 1.82) is 0 Å². The number of ether oxygens (including phenoxy) is 2. The fraction of sp³-hybridized carbons (Fsp3) is 0.483. The van der Waals surface area contributed by atoms with E-state index in [1.165, 1.54) is 13.2 Å². The molecule has 8 nitrogen and oxygen atoms in total. The zero-order valence-electron chi connectivity index (χ0n) is 21.6. The Labute approximate surface area is 231 Å². The topological polar surface area (TPSA) is 114 Å². The number of rotatable bonds is 8. The first-order valence-corrected chi connectivity index (χ1v) is 13.8. The van der Waals surface area contributed by atoms with Gasteiger partial charge < -0.3 is 25.2 Å². The van der Waals surface area contributed by atoms with Crippen LogP contribution in [0.3, 0.4) is 0 Å². The van der Waals surface area contributed by atoms with Crippen molar-refractivity contribution in [2.45, 2.75) is 57.1 Å². The van der Waals surface area contributed by atoms with Crippen LogP contribution in [0.4, 0.5) is 10.1 Å². The van der Waals surface area contributed by atoms with Gasteiger partial charge in [-0.25, -0.2) is 4.39 Å². The summed E-state index contributed by atoms with van der Waals surface area (Å²) in [5.74, 6) is -2.64. The highest BCUT2D eigenvalue weighted by molar-refractivity contribution is 6.30. The predicted molar refractivity (Wildman–Crippen MR) is 143 cm³/mol. The number of carboxylic acid groups (broad SMARTS) is 1. The lowest BCUT2D eigenvalue weighted by atomic mass is 9.83. The Morgan fingerprint density at radius 3 is 2.44 bits per heavy atom. The Hall–Kier alpha value is -3.33. The van der Waals surface area contributed by atoms with Gasteiger partial charge in [-0.05, 0) is 81.0 Å². The summed E-state index contributed by atoms with van der Waals surface area (Å²) in [6.45, 7) is 0. The number of methoxy groups -OCH3 is 1. The molecule has 4 atom stereocenters. The maximum Gasteiger partial charge on any atom is 0.306 e. The zero-order valence-corrected chi connectivity index (χ0v) is 22.4. The molecule has 2 aromatic rings. The van der Waals surface area contributed by atoms with Crippen LogP contribution < -0.4 is 20.1 Å². The predicted octanol–water partition coefficient (Wildman–Crippen LogP) is 5.29. The van der Waals surface area contributed by atoms with E-state index in [4.69, 9.17) is 21.1 Å². The minimum Gasteiger partial charge on any atom is -0.496 e. The van der Waals surface area contributed by atoms with E-state index in [-0.39, 0.29) is 47.0 Å². The van der Waals surface area contributed by atoms with Crippen LogP contribution in [0.15, 0.2) is 36.4 Å². The van der Waals surface area contributed by atoms with Gasteiger partial charge in [0.15, 0.2) is 11.6 Å². The lowest BCUT2D eigenvalue weighted by Gasteiger charge is -2.31. The molecule has 208 valence electrons. The number of aliphatic carboxylic acids is 1. The van der Waals surface area contributed by atoms with Crippen LogP contribution in [-0.2, 0) is 9.59 Å². The van der Waals surface area contributed by atoms with E-state index >= 15 is 0 Å². The average Bonchev–Trinajstić information content (AvgIpc) is 3.52. The Morgan fingerprint density at radius 2 is 1.74 bits per heavy atom. The molecule has 3 saturated carbocycles. The summed E-state index contributed by atoms with van der Waals surface area (Å²) < 4.78 is 26.1. The smallest absolute Gasteiger partial charge is 0.306 e. The highest BCUT2D eigenvalue weighted by atomic mass is 35.5. The van der Waals surface area contributed by atoms with E-state index in [2.05, 4.69) is 10.6 Å². The van der Waals surface area contributed by atoms with Crippen molar-refractivity contribution in [2.75, 3.05) is 12.4 Å². The maximum atomic E-state index is 14.9. The molecule has 39 heavy (non-hydrogen) atoms. The summed E-state index contributed by atoms with van der Waals surface area (Å²) in [4.78, 5) is 38.1. The third-order valence-corrected chi connectivity index (χ3v) is 8.66. The molecule has 5 rings (SSSR count). The number of halogens is 2. The highest BCUT2D eigenvalue weighted by Crippen LogP contribution is 2.49. The molecule has 3 aliphatic carbocycles. The zero-order chi connectivity index (χ0) is 27.7. The van der Waals surface area contributed by atoms with Crippen molar-refractivity contribution in [3.05, 3.63) is 52.8 Å². The van der Waals surface area contributed by atoms with Gasteiger partial charge in [0.1, 0.15) is 5.75 Å². The molecule has 0 spiro atoms. The van der Waals surface area contributed by atoms with Gasteiger partial charge >= 0.3 is 5.97 Å². The largest absolute Gasteiger partial charge is 0.496 e. The summed E-state index contributed by atoms with van der Waals surface area (Å²) in [7, 11) is 1.36. The first-order chi connectivity index (χ1) is 18.7. The molecule has 3 fully saturated rings. The van der Waals surface area contributed by atoms with Crippen LogP contribution in [0, 0.1) is 29.5 Å². The van der Waals surface area contributed by atoms with Crippen LogP contribution in [-0.4, -0.2) is 42.1 Å². The fourth-order valence-corrected chi connectivity index (χ4v) is 6.67. The molecule has 3 aliphatic rings. The van der Waals surface area contributed by atoms with Crippen molar-refractivity contribution >= 4 is 35.1 Å². The molecular formula is C29H32ClFN2O6. The Morgan fingerprint density at radius 1 is 1.00 bits per heavy atom. The molecule has 0 heterocycles. The summed E-state index contributed by atoms with van der Waals surface area (Å²) in [5, 5.41) is 15.7. The molecule has 0 aliphatic heterocycles. The molecule has 0 unspecified atom stereocenters. The summed E-state index contributed by atoms with van der Waals surface area (Å²) >= 11 is 6.07. The van der Waals surface area contributed by atoms with Gasteiger partial charge in [-0.2, -0.15) is 0 Å². The molecule has 3 N–H and O–H groups in total. The first-order valence-electron chi connectivity index (χ1n) is 13.4. The monoisotopic (exact) mass is 558 g/mol. The molecule has 0 saturated heterocycles. The quantitative estimate of drug-likeness (QED) is 0.405. The van der Waals surface area contributed by atoms with E-state index in [0.29, 0.717) is 36.4 Å². The van der Waals surface area contributed by atoms with Crippen LogP contribution in [0.5, 0.6) is 11.5 Å². The second kappa shape index (κ2) is 11.4. The van der Waals surface area contributed by atoms with Crippen LogP contribution in [0.2, 0.25) is 5.02 Å². The van der Waals surface area contributed by atoms with Crippen LogP contribution >= 0.6 is 11.6 Å². The molecule has 2 bridgehead atoms.